The number of benzene rings is 1. The Hall–Kier alpha value is -1.23. The van der Waals surface area contributed by atoms with Crippen molar-refractivity contribution in [2.45, 2.75) is 19.4 Å². The molecule has 1 atom stereocenters. The summed E-state index contributed by atoms with van der Waals surface area (Å²) in [5.41, 5.74) is 2.96. The van der Waals surface area contributed by atoms with Crippen molar-refractivity contribution in [1.29, 1.82) is 0 Å². The summed E-state index contributed by atoms with van der Waals surface area (Å²) in [6.07, 6.45) is 0. The highest BCUT2D eigenvalue weighted by Gasteiger charge is 2.29. The lowest BCUT2D eigenvalue weighted by Gasteiger charge is -2.30. The van der Waals surface area contributed by atoms with E-state index in [1.807, 2.05) is 13.0 Å². The molecule has 0 saturated heterocycles. The van der Waals surface area contributed by atoms with Gasteiger partial charge in [-0.3, -0.25) is 4.79 Å². The van der Waals surface area contributed by atoms with E-state index in [4.69, 9.17) is 28.3 Å². The lowest BCUT2D eigenvalue weighted by Crippen LogP contribution is -2.38. The molecule has 20 heavy (non-hydrogen) atoms. The number of rotatable bonds is 1. The molecule has 2 aromatic rings. The molecule has 4 nitrogen and oxygen atoms in total. The number of hydrogen-bond acceptors (Lipinski definition) is 2. The number of aliphatic hydroxyl groups is 1. The molecule has 3 rings (SSSR count). The van der Waals surface area contributed by atoms with Crippen molar-refractivity contribution < 1.29 is 9.90 Å². The van der Waals surface area contributed by atoms with E-state index in [9.17, 15) is 4.79 Å². The van der Waals surface area contributed by atoms with Crippen LogP contribution >= 0.6 is 23.2 Å². The van der Waals surface area contributed by atoms with Gasteiger partial charge in [0.15, 0.2) is 0 Å². The fraction of sp³-hybridized carbons (Fsp3) is 0.357. The summed E-state index contributed by atoms with van der Waals surface area (Å²) >= 11 is 12.3. The van der Waals surface area contributed by atoms with Gasteiger partial charge in [-0.25, -0.2) is 0 Å². The van der Waals surface area contributed by atoms with Gasteiger partial charge in [0.05, 0.1) is 15.6 Å². The first-order valence-electron chi connectivity index (χ1n) is 6.40. The third-order valence-electron chi connectivity index (χ3n) is 3.83. The largest absolute Gasteiger partial charge is 0.387 e. The minimum atomic E-state index is -0.461. The van der Waals surface area contributed by atoms with Gasteiger partial charge in [0.2, 0.25) is 5.91 Å². The maximum Gasteiger partial charge on any atom is 0.248 e. The number of hydrogen-bond donors (Lipinski definition) is 2. The summed E-state index contributed by atoms with van der Waals surface area (Å²) in [6, 6.07) is 3.68. The number of aromatic nitrogens is 1. The van der Waals surface area contributed by atoms with Crippen LogP contribution in [0.1, 0.15) is 24.1 Å². The Morgan fingerprint density at radius 2 is 2.25 bits per heavy atom. The van der Waals surface area contributed by atoms with Crippen LogP contribution < -0.4 is 0 Å². The van der Waals surface area contributed by atoms with E-state index < -0.39 is 6.61 Å². The predicted octanol–water partition coefficient (Wildman–Crippen LogP) is 2.91. The quantitative estimate of drug-likeness (QED) is 0.850. The number of fused-ring (bicyclic) bond motifs is 3. The molecule has 1 amide bonds. The van der Waals surface area contributed by atoms with Crippen molar-refractivity contribution in [2.75, 3.05) is 13.2 Å². The van der Waals surface area contributed by atoms with Crippen LogP contribution in [0.4, 0.5) is 0 Å². The van der Waals surface area contributed by atoms with Crippen molar-refractivity contribution in [2.24, 2.45) is 0 Å². The monoisotopic (exact) mass is 312 g/mol. The highest BCUT2D eigenvalue weighted by molar-refractivity contribution is 6.45. The van der Waals surface area contributed by atoms with Crippen LogP contribution in [-0.2, 0) is 11.3 Å². The van der Waals surface area contributed by atoms with E-state index in [2.05, 4.69) is 4.98 Å². The topological polar surface area (TPSA) is 56.3 Å². The summed E-state index contributed by atoms with van der Waals surface area (Å²) < 4.78 is 0. The zero-order valence-electron chi connectivity index (χ0n) is 10.9. The van der Waals surface area contributed by atoms with Crippen LogP contribution in [0.3, 0.4) is 0 Å². The van der Waals surface area contributed by atoms with E-state index in [-0.39, 0.29) is 11.8 Å². The standard InChI is InChI=1S/C14H14Cl2N2O2/c1-7-4-18(11(20)6-19)5-9-8-2-3-10(15)12(16)14(8)17-13(7)9/h2-3,7,17,19H,4-6H2,1H3/t7-/m0/s1. The molecule has 0 unspecified atom stereocenters. The zero-order valence-corrected chi connectivity index (χ0v) is 12.4. The number of aromatic amines is 1. The minimum absolute atomic E-state index is 0.163. The van der Waals surface area contributed by atoms with E-state index in [1.165, 1.54) is 0 Å². The molecule has 6 heteroatoms. The summed E-state index contributed by atoms with van der Waals surface area (Å²) in [5, 5.41) is 11.0. The SMILES string of the molecule is C[C@H]1CN(C(=O)CO)Cc2c1[nH]c1c(Cl)c(Cl)ccc21. The molecule has 1 aliphatic heterocycles. The summed E-state index contributed by atoms with van der Waals surface area (Å²) in [5.74, 6) is -0.0894. The molecule has 2 heterocycles. The average molecular weight is 313 g/mol. The average Bonchev–Trinajstić information content (AvgIpc) is 2.82. The first-order chi connectivity index (χ1) is 9.52. The maximum absolute atomic E-state index is 11.7. The number of halogens is 2. The second kappa shape index (κ2) is 4.95. The first kappa shape index (κ1) is 13.7. The lowest BCUT2D eigenvalue weighted by molar-refractivity contribution is -0.135. The normalized spacial score (nSPS) is 18.4. The molecule has 0 radical (unpaired) electrons. The van der Waals surface area contributed by atoms with Crippen molar-refractivity contribution in [3.05, 3.63) is 33.4 Å². The minimum Gasteiger partial charge on any atom is -0.387 e. The van der Waals surface area contributed by atoms with Gasteiger partial charge in [-0.15, -0.1) is 0 Å². The van der Waals surface area contributed by atoms with E-state index in [0.29, 0.717) is 23.1 Å². The third kappa shape index (κ3) is 1.99. The molecular formula is C14H14Cl2N2O2. The zero-order chi connectivity index (χ0) is 14.4. The van der Waals surface area contributed by atoms with Crippen molar-refractivity contribution in [3.8, 4) is 0 Å². The van der Waals surface area contributed by atoms with Gasteiger partial charge in [-0.2, -0.15) is 0 Å². The summed E-state index contributed by atoms with van der Waals surface area (Å²) in [7, 11) is 0. The Morgan fingerprint density at radius 1 is 1.50 bits per heavy atom. The molecule has 0 bridgehead atoms. The lowest BCUT2D eigenvalue weighted by atomic mass is 9.96. The summed E-state index contributed by atoms with van der Waals surface area (Å²) in [4.78, 5) is 16.7. The van der Waals surface area contributed by atoms with Crippen LogP contribution in [0.25, 0.3) is 10.9 Å². The second-order valence-corrected chi connectivity index (χ2v) is 5.92. The fourth-order valence-corrected chi connectivity index (χ4v) is 3.21. The molecular weight excluding hydrogens is 299 g/mol. The first-order valence-corrected chi connectivity index (χ1v) is 7.15. The number of aliphatic hydroxyl groups excluding tert-OH is 1. The van der Waals surface area contributed by atoms with Crippen molar-refractivity contribution in [1.82, 2.24) is 9.88 Å². The second-order valence-electron chi connectivity index (χ2n) is 5.13. The Morgan fingerprint density at radius 3 is 2.95 bits per heavy atom. The van der Waals surface area contributed by atoms with Gasteiger partial charge in [0.25, 0.3) is 0 Å². The van der Waals surface area contributed by atoms with Gasteiger partial charge in [-0.1, -0.05) is 36.2 Å². The number of carbonyl (C=O) groups excluding carboxylic acids is 1. The van der Waals surface area contributed by atoms with Crippen LogP contribution in [0.5, 0.6) is 0 Å². The third-order valence-corrected chi connectivity index (χ3v) is 4.63. The predicted molar refractivity (Wildman–Crippen MR) is 79.2 cm³/mol. The number of nitrogens with one attached hydrogen (secondary N) is 1. The van der Waals surface area contributed by atoms with Gasteiger partial charge >= 0.3 is 0 Å². The van der Waals surface area contributed by atoms with Gasteiger partial charge in [0, 0.05) is 35.7 Å². The highest BCUT2D eigenvalue weighted by Crippen LogP contribution is 2.38. The smallest absolute Gasteiger partial charge is 0.248 e. The molecule has 1 aromatic carbocycles. The van der Waals surface area contributed by atoms with Crippen LogP contribution in [0, 0.1) is 0 Å². The van der Waals surface area contributed by atoms with Crippen LogP contribution in [0.15, 0.2) is 12.1 Å². The number of H-pyrrole nitrogens is 1. The Balaban J connectivity index is 2.15. The fourth-order valence-electron chi connectivity index (χ4n) is 2.84. The number of amides is 1. The van der Waals surface area contributed by atoms with Crippen molar-refractivity contribution in [3.63, 3.8) is 0 Å². The molecule has 0 fully saturated rings. The molecule has 0 saturated carbocycles. The molecule has 0 spiro atoms. The Bertz CT molecular complexity index is 696. The Kier molecular flexibility index (Phi) is 3.40. The van der Waals surface area contributed by atoms with Gasteiger partial charge in [-0.05, 0) is 6.07 Å². The highest BCUT2D eigenvalue weighted by atomic mass is 35.5. The van der Waals surface area contributed by atoms with Crippen molar-refractivity contribution >= 4 is 40.0 Å². The number of carbonyl (C=O) groups is 1. The summed E-state index contributed by atoms with van der Waals surface area (Å²) in [6.45, 7) is 2.65. The Labute approximate surface area is 126 Å². The van der Waals surface area contributed by atoms with E-state index in [0.717, 1.165) is 22.2 Å². The van der Waals surface area contributed by atoms with Gasteiger partial charge < -0.3 is 15.0 Å². The molecule has 1 aliphatic rings. The van der Waals surface area contributed by atoms with E-state index >= 15 is 0 Å². The molecule has 0 aliphatic carbocycles. The van der Waals surface area contributed by atoms with Crippen LogP contribution in [0.2, 0.25) is 10.0 Å². The van der Waals surface area contributed by atoms with Crippen LogP contribution in [-0.4, -0.2) is 34.0 Å². The molecule has 106 valence electrons. The molecule has 2 N–H and O–H groups in total. The molecule has 1 aromatic heterocycles. The maximum atomic E-state index is 11.7. The van der Waals surface area contributed by atoms with Gasteiger partial charge in [0.1, 0.15) is 6.61 Å². The number of nitrogens with zero attached hydrogens (tertiary/aromatic N) is 1. The van der Waals surface area contributed by atoms with E-state index in [1.54, 1.807) is 11.0 Å².